The van der Waals surface area contributed by atoms with Crippen LogP contribution in [-0.2, 0) is 4.79 Å². The smallest absolute Gasteiger partial charge is 0.220 e. The largest absolute Gasteiger partial charge is 0.394 e. The molecule has 0 fully saturated rings. The van der Waals surface area contributed by atoms with Gasteiger partial charge in [-0.2, -0.15) is 0 Å². The number of aliphatic hydroxyl groups is 2. The minimum absolute atomic E-state index is 0.0555. The van der Waals surface area contributed by atoms with Gasteiger partial charge in [-0.1, -0.05) is 321 Å². The molecule has 0 saturated carbocycles. The first-order valence-corrected chi connectivity index (χ1v) is 28.9. The van der Waals surface area contributed by atoms with Crippen molar-refractivity contribution < 1.29 is 15.0 Å². The van der Waals surface area contributed by atoms with Crippen LogP contribution in [0.25, 0.3) is 0 Å². The van der Waals surface area contributed by atoms with Gasteiger partial charge in [-0.3, -0.25) is 4.79 Å². The minimum Gasteiger partial charge on any atom is -0.394 e. The van der Waals surface area contributed by atoms with Crippen molar-refractivity contribution >= 4 is 5.91 Å². The van der Waals surface area contributed by atoms with E-state index in [-0.39, 0.29) is 12.5 Å². The van der Waals surface area contributed by atoms with Crippen LogP contribution in [0, 0.1) is 0 Å². The molecule has 4 heteroatoms. The fraction of sp³-hybridized carbons (Fsp3) is 0.948. The lowest BCUT2D eigenvalue weighted by Crippen LogP contribution is -2.45. The second-order valence-corrected chi connectivity index (χ2v) is 20.1. The standard InChI is InChI=1S/C58H115NO3/c1-3-5-7-9-11-13-15-17-19-21-23-25-27-28-29-30-31-32-33-35-37-39-41-43-45-47-49-51-53-57(61)56(55-60)59-58(62)54-52-50-48-46-44-42-40-38-36-34-26-24-22-20-18-16-14-12-10-8-6-4-2/h51,53,56-57,60-61H,3-50,52,54-55H2,1-2H3,(H,59,62)/b53-51+. The maximum atomic E-state index is 12.5. The lowest BCUT2D eigenvalue weighted by Gasteiger charge is -2.20. The molecule has 0 aliphatic heterocycles. The van der Waals surface area contributed by atoms with Gasteiger partial charge in [0.25, 0.3) is 0 Å². The van der Waals surface area contributed by atoms with Crippen molar-refractivity contribution in [2.75, 3.05) is 6.61 Å². The zero-order valence-corrected chi connectivity index (χ0v) is 42.7. The lowest BCUT2D eigenvalue weighted by molar-refractivity contribution is -0.123. The molecule has 0 saturated heterocycles. The first kappa shape index (κ1) is 61.1. The molecule has 2 atom stereocenters. The van der Waals surface area contributed by atoms with Crippen molar-refractivity contribution in [1.82, 2.24) is 5.32 Å². The summed E-state index contributed by atoms with van der Waals surface area (Å²) >= 11 is 0. The molecular weight excluding hydrogens is 759 g/mol. The van der Waals surface area contributed by atoms with Gasteiger partial charge in [0.2, 0.25) is 5.91 Å². The zero-order valence-electron chi connectivity index (χ0n) is 42.7. The summed E-state index contributed by atoms with van der Waals surface area (Å²) in [5.41, 5.74) is 0. The van der Waals surface area contributed by atoms with Crippen LogP contribution in [0.2, 0.25) is 0 Å². The first-order chi connectivity index (χ1) is 30.7. The van der Waals surface area contributed by atoms with Crippen LogP contribution in [0.5, 0.6) is 0 Å². The second kappa shape index (κ2) is 54.5. The molecule has 3 N–H and O–H groups in total. The Morgan fingerprint density at radius 2 is 0.597 bits per heavy atom. The topological polar surface area (TPSA) is 69.6 Å². The summed E-state index contributed by atoms with van der Waals surface area (Å²) < 4.78 is 0. The van der Waals surface area contributed by atoms with Gasteiger partial charge in [-0.15, -0.1) is 0 Å². The van der Waals surface area contributed by atoms with E-state index < -0.39 is 12.1 Å². The number of hydrogen-bond acceptors (Lipinski definition) is 3. The molecule has 0 aromatic heterocycles. The van der Waals surface area contributed by atoms with E-state index >= 15 is 0 Å². The predicted molar refractivity (Wildman–Crippen MR) is 276 cm³/mol. The molecule has 0 aliphatic carbocycles. The number of hydrogen-bond donors (Lipinski definition) is 3. The van der Waals surface area contributed by atoms with Crippen LogP contribution in [0.15, 0.2) is 12.2 Å². The number of carbonyl (C=O) groups is 1. The van der Waals surface area contributed by atoms with Crippen LogP contribution in [0.3, 0.4) is 0 Å². The number of allylic oxidation sites excluding steroid dienone is 1. The molecule has 1 amide bonds. The average molecular weight is 875 g/mol. The highest BCUT2D eigenvalue weighted by atomic mass is 16.3. The summed E-state index contributed by atoms with van der Waals surface area (Å²) in [6, 6.07) is -0.618. The molecule has 370 valence electrons. The quantitative estimate of drug-likeness (QED) is 0.0421. The van der Waals surface area contributed by atoms with Crippen LogP contribution < -0.4 is 5.32 Å². The van der Waals surface area contributed by atoms with Gasteiger partial charge in [0, 0.05) is 6.42 Å². The Labute approximate surface area is 390 Å². The Balaban J connectivity index is 3.44. The van der Waals surface area contributed by atoms with Crippen LogP contribution in [0.4, 0.5) is 0 Å². The first-order valence-electron chi connectivity index (χ1n) is 28.9. The summed E-state index contributed by atoms with van der Waals surface area (Å²) in [6.45, 7) is 4.36. The Morgan fingerprint density at radius 1 is 0.371 bits per heavy atom. The van der Waals surface area contributed by atoms with E-state index in [1.54, 1.807) is 6.08 Å². The van der Waals surface area contributed by atoms with Gasteiger partial charge in [0.1, 0.15) is 0 Å². The Bertz CT molecular complexity index is 860. The molecule has 0 radical (unpaired) electrons. The van der Waals surface area contributed by atoms with Gasteiger partial charge >= 0.3 is 0 Å². The van der Waals surface area contributed by atoms with Crippen LogP contribution >= 0.6 is 0 Å². The number of aliphatic hydroxyl groups excluding tert-OH is 2. The maximum Gasteiger partial charge on any atom is 0.220 e. The van der Waals surface area contributed by atoms with Gasteiger partial charge in [-0.05, 0) is 19.3 Å². The van der Waals surface area contributed by atoms with Crippen molar-refractivity contribution in [3.05, 3.63) is 12.2 Å². The van der Waals surface area contributed by atoms with E-state index in [0.29, 0.717) is 6.42 Å². The minimum atomic E-state index is -0.836. The third-order valence-electron chi connectivity index (χ3n) is 13.8. The third-order valence-corrected chi connectivity index (χ3v) is 13.8. The number of amides is 1. The van der Waals surface area contributed by atoms with Crippen LogP contribution in [0.1, 0.15) is 335 Å². The van der Waals surface area contributed by atoms with Crippen molar-refractivity contribution in [2.45, 2.75) is 347 Å². The highest BCUT2D eigenvalue weighted by Crippen LogP contribution is 2.18. The molecule has 0 aromatic rings. The molecule has 0 rings (SSSR count). The number of rotatable bonds is 54. The molecule has 0 heterocycles. The Hall–Kier alpha value is -0.870. The monoisotopic (exact) mass is 874 g/mol. The van der Waals surface area contributed by atoms with Gasteiger partial charge < -0.3 is 15.5 Å². The normalized spacial score (nSPS) is 12.8. The molecule has 0 bridgehead atoms. The summed E-state index contributed by atoms with van der Waals surface area (Å²) in [7, 11) is 0. The fourth-order valence-electron chi connectivity index (χ4n) is 9.36. The summed E-state index contributed by atoms with van der Waals surface area (Å²) in [4.78, 5) is 12.5. The fourth-order valence-corrected chi connectivity index (χ4v) is 9.36. The molecule has 0 aromatic carbocycles. The maximum absolute atomic E-state index is 12.5. The number of unbranched alkanes of at least 4 members (excludes halogenated alkanes) is 47. The van der Waals surface area contributed by atoms with E-state index in [1.807, 2.05) is 6.08 Å². The van der Waals surface area contributed by atoms with Gasteiger partial charge in [0.05, 0.1) is 18.8 Å². The van der Waals surface area contributed by atoms with Gasteiger partial charge in [0.15, 0.2) is 0 Å². The molecule has 0 aliphatic rings. The van der Waals surface area contributed by atoms with Crippen molar-refractivity contribution in [2.24, 2.45) is 0 Å². The van der Waals surface area contributed by atoms with E-state index in [9.17, 15) is 15.0 Å². The zero-order chi connectivity index (χ0) is 44.9. The molecular formula is C58H115NO3. The second-order valence-electron chi connectivity index (χ2n) is 20.1. The lowest BCUT2D eigenvalue weighted by atomic mass is 10.0. The van der Waals surface area contributed by atoms with E-state index in [2.05, 4.69) is 19.2 Å². The van der Waals surface area contributed by atoms with Gasteiger partial charge in [-0.25, -0.2) is 0 Å². The molecule has 4 nitrogen and oxygen atoms in total. The molecule has 62 heavy (non-hydrogen) atoms. The Kier molecular flexibility index (Phi) is 53.7. The van der Waals surface area contributed by atoms with E-state index in [0.717, 1.165) is 25.7 Å². The highest BCUT2D eigenvalue weighted by Gasteiger charge is 2.18. The SMILES string of the molecule is CCCCCCCCCCCCCCCCCCCCCCCCCCCC/C=C/C(O)C(CO)NC(=O)CCCCCCCCCCCCCCCCCCCCCCCC. The third kappa shape index (κ3) is 50.1. The Morgan fingerprint density at radius 3 is 0.839 bits per heavy atom. The summed E-state index contributed by atoms with van der Waals surface area (Å²) in [6.07, 6.45) is 71.0. The van der Waals surface area contributed by atoms with Crippen molar-refractivity contribution in [3.63, 3.8) is 0 Å². The highest BCUT2D eigenvalue weighted by molar-refractivity contribution is 5.76. The van der Waals surface area contributed by atoms with Crippen molar-refractivity contribution in [1.29, 1.82) is 0 Å². The summed E-state index contributed by atoms with van der Waals surface area (Å²) in [5, 5.41) is 23.2. The van der Waals surface area contributed by atoms with Crippen molar-refractivity contribution in [3.8, 4) is 0 Å². The van der Waals surface area contributed by atoms with E-state index in [1.165, 1.54) is 289 Å². The predicted octanol–water partition coefficient (Wildman–Crippen LogP) is 18.9. The molecule has 2 unspecified atom stereocenters. The van der Waals surface area contributed by atoms with E-state index in [4.69, 9.17) is 0 Å². The number of nitrogens with one attached hydrogen (secondary N) is 1. The number of carbonyl (C=O) groups excluding carboxylic acids is 1. The average Bonchev–Trinajstić information content (AvgIpc) is 3.28. The summed E-state index contributed by atoms with van der Waals surface area (Å²) in [5.74, 6) is -0.0555. The van der Waals surface area contributed by atoms with Crippen LogP contribution in [-0.4, -0.2) is 34.9 Å². The molecule has 0 spiro atoms.